The van der Waals surface area contributed by atoms with Gasteiger partial charge in [-0.15, -0.1) is 0 Å². The van der Waals surface area contributed by atoms with Crippen LogP contribution in [0.4, 0.5) is 11.6 Å². The molecule has 0 aromatic carbocycles. The molecule has 28 heavy (non-hydrogen) atoms. The number of sulfone groups is 1. The zero-order valence-electron chi connectivity index (χ0n) is 16.5. The number of hydrogen-bond donors (Lipinski definition) is 1. The molecule has 2 aromatic rings. The summed E-state index contributed by atoms with van der Waals surface area (Å²) in [5, 5.41) is 0. The number of nitrogens with two attached hydrogens (primary N) is 1. The van der Waals surface area contributed by atoms with Crippen molar-refractivity contribution in [2.24, 2.45) is 0 Å². The van der Waals surface area contributed by atoms with Gasteiger partial charge in [-0.3, -0.25) is 4.90 Å². The van der Waals surface area contributed by atoms with Crippen LogP contribution in [0.3, 0.4) is 0 Å². The number of nitrogen functional groups attached to an aromatic ring is 1. The quantitative estimate of drug-likeness (QED) is 0.735. The van der Waals surface area contributed by atoms with Crippen LogP contribution >= 0.6 is 0 Å². The van der Waals surface area contributed by atoms with E-state index in [4.69, 9.17) is 5.73 Å². The molecule has 0 atom stereocenters. The normalized spacial score (nSPS) is 15.7. The van der Waals surface area contributed by atoms with Crippen LogP contribution in [0.5, 0.6) is 0 Å². The fraction of sp³-hybridized carbons (Fsp3) is 0.526. The van der Waals surface area contributed by atoms with E-state index in [1.807, 2.05) is 6.07 Å². The Kier molecular flexibility index (Phi) is 6.46. The molecule has 0 amide bonds. The van der Waals surface area contributed by atoms with Crippen LogP contribution in [0.15, 0.2) is 24.7 Å². The summed E-state index contributed by atoms with van der Waals surface area (Å²) in [4.78, 5) is 17.9. The van der Waals surface area contributed by atoms with Crippen molar-refractivity contribution in [3.63, 3.8) is 0 Å². The van der Waals surface area contributed by atoms with Crippen LogP contribution in [-0.2, 0) is 16.3 Å². The first-order valence-corrected chi connectivity index (χ1v) is 11.6. The summed E-state index contributed by atoms with van der Waals surface area (Å²) in [6.07, 6.45) is 6.17. The van der Waals surface area contributed by atoms with Gasteiger partial charge in [0, 0.05) is 49.8 Å². The molecule has 1 aliphatic rings. The highest BCUT2D eigenvalue weighted by Crippen LogP contribution is 2.32. The fourth-order valence-corrected chi connectivity index (χ4v) is 4.16. The minimum absolute atomic E-state index is 0.243. The van der Waals surface area contributed by atoms with Gasteiger partial charge in [0.25, 0.3) is 0 Å². The molecule has 2 aromatic heterocycles. The Hall–Kier alpha value is -2.26. The largest absolute Gasteiger partial charge is 0.384 e. The molecule has 8 nitrogen and oxygen atoms in total. The molecule has 0 saturated carbocycles. The second-order valence-electron chi connectivity index (χ2n) is 7.16. The smallest absolute Gasteiger partial charge is 0.147 e. The van der Waals surface area contributed by atoms with E-state index in [9.17, 15) is 8.42 Å². The van der Waals surface area contributed by atoms with Crippen LogP contribution in [-0.4, -0.2) is 73.0 Å². The maximum absolute atomic E-state index is 11.3. The summed E-state index contributed by atoms with van der Waals surface area (Å²) in [6, 6.07) is 3.76. The molecule has 0 radical (unpaired) electrons. The highest BCUT2D eigenvalue weighted by atomic mass is 32.2. The topological polar surface area (TPSA) is 105 Å². The van der Waals surface area contributed by atoms with Crippen LogP contribution in [0.1, 0.15) is 19.0 Å². The lowest BCUT2D eigenvalue weighted by atomic mass is 10.0. The van der Waals surface area contributed by atoms with Crippen molar-refractivity contribution in [1.29, 1.82) is 0 Å². The van der Waals surface area contributed by atoms with Gasteiger partial charge < -0.3 is 10.6 Å². The standard InChI is InChI=1S/C19H28N6O2S/c1-3-16-18(15-5-6-17(20)21-13-15)19(23-14-22-16)25-10-8-24(9-11-25)7-4-12-28(2,26)27/h5-6,13-14H,3-4,7-12H2,1-2H3,(H2,20,21). The summed E-state index contributed by atoms with van der Waals surface area (Å²) in [5.41, 5.74) is 8.72. The lowest BCUT2D eigenvalue weighted by molar-refractivity contribution is 0.258. The second kappa shape index (κ2) is 8.83. The van der Waals surface area contributed by atoms with Gasteiger partial charge in [0.2, 0.25) is 0 Å². The van der Waals surface area contributed by atoms with E-state index >= 15 is 0 Å². The van der Waals surface area contributed by atoms with Crippen LogP contribution in [0, 0.1) is 0 Å². The predicted molar refractivity (Wildman–Crippen MR) is 112 cm³/mol. The SMILES string of the molecule is CCc1ncnc(N2CCN(CCCS(C)(=O)=O)CC2)c1-c1ccc(N)nc1. The molecule has 2 N–H and O–H groups in total. The summed E-state index contributed by atoms with van der Waals surface area (Å²) in [6.45, 7) is 6.34. The molecule has 0 spiro atoms. The van der Waals surface area contributed by atoms with Crippen LogP contribution in [0.2, 0.25) is 0 Å². The molecule has 0 aliphatic carbocycles. The van der Waals surface area contributed by atoms with E-state index in [-0.39, 0.29) is 5.75 Å². The number of piperazine rings is 1. The van der Waals surface area contributed by atoms with Gasteiger partial charge in [0.05, 0.1) is 11.4 Å². The Morgan fingerprint density at radius 3 is 2.46 bits per heavy atom. The highest BCUT2D eigenvalue weighted by molar-refractivity contribution is 7.90. The summed E-state index contributed by atoms with van der Waals surface area (Å²) in [5.74, 6) is 1.66. The summed E-state index contributed by atoms with van der Waals surface area (Å²) < 4.78 is 22.6. The molecular weight excluding hydrogens is 376 g/mol. The highest BCUT2D eigenvalue weighted by Gasteiger charge is 2.23. The number of hydrogen-bond acceptors (Lipinski definition) is 8. The van der Waals surface area contributed by atoms with Gasteiger partial charge in [-0.1, -0.05) is 6.92 Å². The van der Waals surface area contributed by atoms with Crippen LogP contribution in [0.25, 0.3) is 11.1 Å². The Labute approximate surface area is 166 Å². The first-order valence-electron chi connectivity index (χ1n) is 9.58. The van der Waals surface area contributed by atoms with Gasteiger partial charge in [-0.2, -0.15) is 0 Å². The number of aromatic nitrogens is 3. The second-order valence-corrected chi connectivity index (χ2v) is 9.42. The minimum Gasteiger partial charge on any atom is -0.384 e. The maximum Gasteiger partial charge on any atom is 0.147 e. The van der Waals surface area contributed by atoms with E-state index in [0.29, 0.717) is 12.2 Å². The third kappa shape index (κ3) is 5.17. The van der Waals surface area contributed by atoms with Crippen molar-refractivity contribution >= 4 is 21.5 Å². The average Bonchev–Trinajstić information content (AvgIpc) is 2.68. The number of rotatable bonds is 7. The molecule has 0 unspecified atom stereocenters. The predicted octanol–water partition coefficient (Wildman–Crippen LogP) is 1.24. The van der Waals surface area contributed by atoms with E-state index in [1.54, 1.807) is 18.6 Å². The van der Waals surface area contributed by atoms with Crippen molar-refractivity contribution in [3.05, 3.63) is 30.4 Å². The first kappa shape index (κ1) is 20.5. The fourth-order valence-electron chi connectivity index (χ4n) is 3.50. The molecular formula is C19H28N6O2S. The number of pyridine rings is 1. The van der Waals surface area contributed by atoms with E-state index < -0.39 is 9.84 Å². The zero-order chi connectivity index (χ0) is 20.1. The van der Waals surface area contributed by atoms with Gasteiger partial charge in [0.1, 0.15) is 27.8 Å². The van der Waals surface area contributed by atoms with Crippen molar-refractivity contribution in [1.82, 2.24) is 19.9 Å². The van der Waals surface area contributed by atoms with Gasteiger partial charge in [0.15, 0.2) is 0 Å². The average molecular weight is 405 g/mol. The molecule has 152 valence electrons. The summed E-state index contributed by atoms with van der Waals surface area (Å²) >= 11 is 0. The Morgan fingerprint density at radius 2 is 1.86 bits per heavy atom. The lowest BCUT2D eigenvalue weighted by Crippen LogP contribution is -2.47. The number of aryl methyl sites for hydroxylation is 1. The molecule has 1 saturated heterocycles. The van der Waals surface area contributed by atoms with Crippen molar-refractivity contribution in [3.8, 4) is 11.1 Å². The zero-order valence-corrected chi connectivity index (χ0v) is 17.3. The molecule has 0 bridgehead atoms. The van der Waals surface area contributed by atoms with E-state index in [1.165, 1.54) is 6.26 Å². The number of nitrogens with zero attached hydrogens (tertiary/aromatic N) is 5. The maximum atomic E-state index is 11.3. The molecule has 3 rings (SSSR count). The van der Waals surface area contributed by atoms with Gasteiger partial charge in [-0.05, 0) is 31.5 Å². The van der Waals surface area contributed by atoms with E-state index in [2.05, 4.69) is 31.7 Å². The Morgan fingerprint density at radius 1 is 1.11 bits per heavy atom. The Balaban J connectivity index is 1.73. The minimum atomic E-state index is -2.89. The van der Waals surface area contributed by atoms with Crippen LogP contribution < -0.4 is 10.6 Å². The monoisotopic (exact) mass is 404 g/mol. The van der Waals surface area contributed by atoms with Gasteiger partial charge >= 0.3 is 0 Å². The third-order valence-corrected chi connectivity index (χ3v) is 6.01. The van der Waals surface area contributed by atoms with E-state index in [0.717, 1.165) is 61.8 Å². The molecule has 3 heterocycles. The number of anilines is 2. The summed E-state index contributed by atoms with van der Waals surface area (Å²) in [7, 11) is -2.89. The molecule has 1 aliphatic heterocycles. The third-order valence-electron chi connectivity index (χ3n) is 4.98. The molecule has 9 heteroatoms. The van der Waals surface area contributed by atoms with Gasteiger partial charge in [-0.25, -0.2) is 23.4 Å². The van der Waals surface area contributed by atoms with Crippen molar-refractivity contribution in [2.75, 3.05) is 55.4 Å². The van der Waals surface area contributed by atoms with Crippen molar-refractivity contribution in [2.45, 2.75) is 19.8 Å². The first-order chi connectivity index (χ1) is 13.4. The molecule has 1 fully saturated rings. The lowest BCUT2D eigenvalue weighted by Gasteiger charge is -2.36. The Bertz CT molecular complexity index is 893. The van der Waals surface area contributed by atoms with Crippen molar-refractivity contribution < 1.29 is 8.42 Å².